The number of nitrogens with one attached hydrogen (secondary N) is 2. The van der Waals surface area contributed by atoms with E-state index in [1.54, 1.807) is 31.4 Å². The van der Waals surface area contributed by atoms with Crippen molar-refractivity contribution in [3.63, 3.8) is 0 Å². The fourth-order valence-corrected chi connectivity index (χ4v) is 4.39. The van der Waals surface area contributed by atoms with E-state index in [-0.39, 0.29) is 23.8 Å². The van der Waals surface area contributed by atoms with Gasteiger partial charge in [-0.25, -0.2) is 9.37 Å². The van der Waals surface area contributed by atoms with Gasteiger partial charge >= 0.3 is 0 Å². The second kappa shape index (κ2) is 7.52. The molecule has 0 bridgehead atoms. The molecule has 4 rings (SSSR count). The van der Waals surface area contributed by atoms with Crippen LogP contribution in [0.5, 0.6) is 5.75 Å². The highest BCUT2D eigenvalue weighted by Crippen LogP contribution is 2.30. The van der Waals surface area contributed by atoms with Crippen LogP contribution in [0.15, 0.2) is 42.5 Å². The van der Waals surface area contributed by atoms with Gasteiger partial charge < -0.3 is 15.4 Å². The average molecular weight is 385 g/mol. The Labute approximate surface area is 160 Å². The first-order valence-electron chi connectivity index (χ1n) is 8.90. The normalized spacial score (nSPS) is 19.2. The molecule has 140 valence electrons. The molecule has 7 heteroatoms. The molecule has 5 nitrogen and oxygen atoms in total. The van der Waals surface area contributed by atoms with Crippen LogP contribution in [0.25, 0.3) is 10.2 Å². The Morgan fingerprint density at radius 2 is 2.07 bits per heavy atom. The fourth-order valence-electron chi connectivity index (χ4n) is 3.44. The topological polar surface area (TPSA) is 63.2 Å². The zero-order chi connectivity index (χ0) is 18.8. The highest BCUT2D eigenvalue weighted by atomic mass is 32.1. The molecule has 1 heterocycles. The number of fused-ring (bicyclic) bond motifs is 1. The van der Waals surface area contributed by atoms with Gasteiger partial charge in [0.15, 0.2) is 5.13 Å². The van der Waals surface area contributed by atoms with Crippen LogP contribution < -0.4 is 15.4 Å². The molecule has 2 N–H and O–H groups in total. The Balaban J connectivity index is 1.45. The molecule has 1 amide bonds. The van der Waals surface area contributed by atoms with Gasteiger partial charge in [-0.2, -0.15) is 0 Å². The van der Waals surface area contributed by atoms with Crippen molar-refractivity contribution in [2.24, 2.45) is 0 Å². The standard InChI is InChI=1S/C20H20FN3O2S/c1-26-14-5-2-4-12(10-14)19(25)22-15-6-3-7-16(15)23-20-24-17-9-8-13(21)11-18(17)27-20/h2,4-5,8-11,15-16H,3,6-7H2,1H3,(H,22,25)(H,23,24). The highest BCUT2D eigenvalue weighted by molar-refractivity contribution is 7.22. The molecule has 1 fully saturated rings. The van der Waals surface area contributed by atoms with Crippen LogP contribution in [0.2, 0.25) is 0 Å². The summed E-state index contributed by atoms with van der Waals surface area (Å²) in [6.45, 7) is 0. The van der Waals surface area contributed by atoms with E-state index in [9.17, 15) is 9.18 Å². The van der Waals surface area contributed by atoms with Crippen LogP contribution in [0.4, 0.5) is 9.52 Å². The summed E-state index contributed by atoms with van der Waals surface area (Å²) in [6, 6.07) is 11.8. The SMILES string of the molecule is COc1cccc(C(=O)NC2CCCC2Nc2nc3ccc(F)cc3s2)c1. The van der Waals surface area contributed by atoms with Gasteiger partial charge in [0.1, 0.15) is 11.6 Å². The predicted molar refractivity (Wildman–Crippen MR) is 105 cm³/mol. The number of amides is 1. The number of rotatable bonds is 5. The van der Waals surface area contributed by atoms with Crippen molar-refractivity contribution < 1.29 is 13.9 Å². The smallest absolute Gasteiger partial charge is 0.251 e. The van der Waals surface area contributed by atoms with Crippen LogP contribution >= 0.6 is 11.3 Å². The summed E-state index contributed by atoms with van der Waals surface area (Å²) in [7, 11) is 1.58. The molecule has 3 aromatic rings. The van der Waals surface area contributed by atoms with Crippen molar-refractivity contribution in [2.75, 3.05) is 12.4 Å². The lowest BCUT2D eigenvalue weighted by Crippen LogP contribution is -2.43. The number of nitrogens with zero attached hydrogens (tertiary/aromatic N) is 1. The van der Waals surface area contributed by atoms with Crippen LogP contribution in [-0.2, 0) is 0 Å². The first kappa shape index (κ1) is 17.7. The third kappa shape index (κ3) is 3.88. The molecule has 1 aliphatic carbocycles. The number of carbonyl (C=O) groups is 1. The van der Waals surface area contributed by atoms with Gasteiger partial charge in [0, 0.05) is 17.6 Å². The fraction of sp³-hybridized carbons (Fsp3) is 0.300. The van der Waals surface area contributed by atoms with Crippen molar-refractivity contribution in [1.29, 1.82) is 0 Å². The molecule has 2 unspecified atom stereocenters. The summed E-state index contributed by atoms with van der Waals surface area (Å²) in [6.07, 6.45) is 2.89. The second-order valence-corrected chi connectivity index (χ2v) is 7.66. The average Bonchev–Trinajstić information content (AvgIpc) is 3.28. The monoisotopic (exact) mass is 385 g/mol. The molecule has 27 heavy (non-hydrogen) atoms. The van der Waals surface area contributed by atoms with Crippen LogP contribution in [0, 0.1) is 5.82 Å². The van der Waals surface area contributed by atoms with Crippen molar-refractivity contribution in [2.45, 2.75) is 31.3 Å². The molecule has 0 saturated heterocycles. The number of anilines is 1. The molecule has 0 aliphatic heterocycles. The van der Waals surface area contributed by atoms with E-state index in [1.165, 1.54) is 23.5 Å². The van der Waals surface area contributed by atoms with Crippen LogP contribution in [0.3, 0.4) is 0 Å². The zero-order valence-corrected chi connectivity index (χ0v) is 15.7. The third-order valence-corrected chi connectivity index (χ3v) is 5.77. The maximum Gasteiger partial charge on any atom is 0.251 e. The molecule has 2 aromatic carbocycles. The third-order valence-electron chi connectivity index (χ3n) is 4.82. The molecule has 0 spiro atoms. The van der Waals surface area contributed by atoms with Gasteiger partial charge in [-0.3, -0.25) is 4.79 Å². The molecular weight excluding hydrogens is 365 g/mol. The Hall–Kier alpha value is -2.67. The van der Waals surface area contributed by atoms with Crippen LogP contribution in [0.1, 0.15) is 29.6 Å². The molecule has 0 radical (unpaired) electrons. The lowest BCUT2D eigenvalue weighted by molar-refractivity contribution is 0.0935. The Kier molecular flexibility index (Phi) is 4.94. The van der Waals surface area contributed by atoms with Gasteiger partial charge in [0.25, 0.3) is 5.91 Å². The summed E-state index contributed by atoms with van der Waals surface area (Å²) in [5, 5.41) is 7.30. The van der Waals surface area contributed by atoms with Crippen molar-refractivity contribution in [3.05, 3.63) is 53.8 Å². The number of carbonyl (C=O) groups excluding carboxylic acids is 1. The molecular formula is C20H20FN3O2S. The first-order chi connectivity index (χ1) is 13.1. The summed E-state index contributed by atoms with van der Waals surface area (Å²) in [5.74, 6) is 0.284. The Morgan fingerprint density at radius 3 is 2.93 bits per heavy atom. The number of thiazole rings is 1. The second-order valence-electron chi connectivity index (χ2n) is 6.62. The van der Waals surface area contributed by atoms with Gasteiger partial charge in [0.05, 0.1) is 17.3 Å². The zero-order valence-electron chi connectivity index (χ0n) is 14.9. The van der Waals surface area contributed by atoms with E-state index >= 15 is 0 Å². The lowest BCUT2D eigenvalue weighted by atomic mass is 10.1. The number of hydrogen-bond donors (Lipinski definition) is 2. The summed E-state index contributed by atoms with van der Waals surface area (Å²) < 4.78 is 19.4. The minimum absolute atomic E-state index is 0.0208. The summed E-state index contributed by atoms with van der Waals surface area (Å²) in [5.41, 5.74) is 1.36. The number of ether oxygens (including phenoxy) is 1. The largest absolute Gasteiger partial charge is 0.497 e. The van der Waals surface area contributed by atoms with Gasteiger partial charge in [-0.15, -0.1) is 0 Å². The molecule has 1 aliphatic rings. The van der Waals surface area contributed by atoms with Crippen molar-refractivity contribution >= 4 is 32.6 Å². The minimum atomic E-state index is -0.262. The Morgan fingerprint density at radius 1 is 1.22 bits per heavy atom. The molecule has 2 atom stereocenters. The lowest BCUT2D eigenvalue weighted by Gasteiger charge is -2.22. The number of methoxy groups -OCH3 is 1. The van der Waals surface area contributed by atoms with E-state index in [0.29, 0.717) is 11.3 Å². The molecule has 1 saturated carbocycles. The van der Waals surface area contributed by atoms with E-state index in [0.717, 1.165) is 34.6 Å². The number of halogens is 1. The minimum Gasteiger partial charge on any atom is -0.497 e. The number of benzene rings is 2. The highest BCUT2D eigenvalue weighted by Gasteiger charge is 2.29. The van der Waals surface area contributed by atoms with E-state index in [4.69, 9.17) is 4.74 Å². The van der Waals surface area contributed by atoms with Gasteiger partial charge in [-0.1, -0.05) is 17.4 Å². The van der Waals surface area contributed by atoms with Crippen molar-refractivity contribution in [3.8, 4) is 5.75 Å². The van der Waals surface area contributed by atoms with Crippen molar-refractivity contribution in [1.82, 2.24) is 10.3 Å². The summed E-state index contributed by atoms with van der Waals surface area (Å²) in [4.78, 5) is 17.1. The maximum atomic E-state index is 13.4. The Bertz CT molecular complexity index is 975. The maximum absolute atomic E-state index is 13.4. The van der Waals surface area contributed by atoms with Crippen LogP contribution in [-0.4, -0.2) is 30.1 Å². The van der Waals surface area contributed by atoms with E-state index in [2.05, 4.69) is 15.6 Å². The van der Waals surface area contributed by atoms with Gasteiger partial charge in [0.2, 0.25) is 0 Å². The quantitative estimate of drug-likeness (QED) is 0.691. The first-order valence-corrected chi connectivity index (χ1v) is 9.71. The van der Waals surface area contributed by atoms with Gasteiger partial charge in [-0.05, 0) is 55.7 Å². The van der Waals surface area contributed by atoms with E-state index < -0.39 is 0 Å². The van der Waals surface area contributed by atoms with E-state index in [1.807, 2.05) is 6.07 Å². The summed E-state index contributed by atoms with van der Waals surface area (Å²) >= 11 is 1.43. The number of aromatic nitrogens is 1. The molecule has 1 aromatic heterocycles. The predicted octanol–water partition coefficient (Wildman–Crippen LogP) is 4.21. The number of hydrogen-bond acceptors (Lipinski definition) is 5.